The van der Waals surface area contributed by atoms with Crippen LogP contribution in [0.15, 0.2) is 53.1 Å². The van der Waals surface area contributed by atoms with E-state index in [2.05, 4.69) is 39.2 Å². The zero-order valence-corrected chi connectivity index (χ0v) is 19.9. The van der Waals surface area contributed by atoms with Crippen molar-refractivity contribution in [2.45, 2.75) is 20.8 Å². The molecule has 3 aromatic carbocycles. The molecule has 0 saturated carbocycles. The number of H-pyrrole nitrogens is 1. The van der Waals surface area contributed by atoms with Crippen molar-refractivity contribution < 1.29 is 4.52 Å². The predicted octanol–water partition coefficient (Wildman–Crippen LogP) is 4.94. The molecule has 0 amide bonds. The maximum Gasteiger partial charge on any atom is 0.198 e. The van der Waals surface area contributed by atoms with Crippen LogP contribution in [0.2, 0.25) is 0 Å². The summed E-state index contributed by atoms with van der Waals surface area (Å²) in [6.45, 7) is 6.01. The number of nitrogens with one attached hydrogen (secondary N) is 1. The fourth-order valence-corrected chi connectivity index (χ4v) is 4.04. The molecule has 0 fully saturated rings. The van der Waals surface area contributed by atoms with E-state index in [1.54, 1.807) is 6.07 Å². The first-order valence-corrected chi connectivity index (χ1v) is 11.3. The second-order valence-corrected chi connectivity index (χ2v) is 9.00. The average molecular weight is 475 g/mol. The summed E-state index contributed by atoms with van der Waals surface area (Å²) in [5.74, 6) is 0.888. The van der Waals surface area contributed by atoms with E-state index in [9.17, 15) is 0 Å². The number of benzene rings is 3. The number of aryl methyl sites for hydroxylation is 3. The molecule has 3 aromatic heterocycles. The Morgan fingerprint density at radius 3 is 2.35 bits per heavy atom. The topological polar surface area (TPSA) is 172 Å². The number of thiazole rings is 1. The second-order valence-electron chi connectivity index (χ2n) is 7.94. The molecule has 9 nitrogen and oxygen atoms in total. The molecule has 3 heterocycles. The van der Waals surface area contributed by atoms with Crippen LogP contribution in [0, 0.1) is 20.8 Å². The van der Waals surface area contributed by atoms with Crippen molar-refractivity contribution in [1.82, 2.24) is 20.1 Å². The molecule has 0 unspecified atom stereocenters. The molecule has 0 saturated heterocycles. The molecule has 6 rings (SSSR count). The quantitative estimate of drug-likeness (QED) is 0.192. The Balaban J connectivity index is 0.000000121. The van der Waals surface area contributed by atoms with E-state index < -0.39 is 0 Å². The van der Waals surface area contributed by atoms with Gasteiger partial charge in [0.2, 0.25) is 0 Å². The third-order valence-electron chi connectivity index (χ3n) is 5.10. The van der Waals surface area contributed by atoms with Gasteiger partial charge in [0.15, 0.2) is 22.5 Å². The van der Waals surface area contributed by atoms with Gasteiger partial charge in [-0.25, -0.2) is 9.97 Å². The minimum absolute atomic E-state index is 0.410. The summed E-state index contributed by atoms with van der Waals surface area (Å²) in [4.78, 5) is 11.2. The molecule has 0 aliphatic carbocycles. The highest BCUT2D eigenvalue weighted by Gasteiger charge is 2.06. The standard InChI is InChI=1S/C8H9N3O.C8H9N3.C8H8N2S/c1-4-2-5-7(3-6(4)9)12-11-8(5)10;1-5-2-3-6-7(4-5)11-8(9)10-6;1-5-2-3-7-6(4-5)10-8(9)11-7/h2-3H,9H2,1H3,(H2,10,11);2-4H,1H3,(H3,9,10,11);2-4H,1H3,(H2,9,10). The van der Waals surface area contributed by atoms with Gasteiger partial charge in [0, 0.05) is 11.8 Å². The summed E-state index contributed by atoms with van der Waals surface area (Å²) in [5.41, 5.74) is 29.9. The van der Waals surface area contributed by atoms with E-state index in [0.717, 1.165) is 32.2 Å². The van der Waals surface area contributed by atoms with E-state index in [4.69, 9.17) is 27.5 Å². The number of hydrogen-bond acceptors (Lipinski definition) is 9. The van der Waals surface area contributed by atoms with Crippen LogP contribution in [0.3, 0.4) is 0 Å². The number of imidazole rings is 1. The molecule has 0 spiro atoms. The molecule has 0 radical (unpaired) electrons. The molecule has 9 N–H and O–H groups in total. The van der Waals surface area contributed by atoms with Crippen LogP contribution in [0.1, 0.15) is 16.7 Å². The van der Waals surface area contributed by atoms with E-state index >= 15 is 0 Å². The smallest absolute Gasteiger partial charge is 0.198 e. The van der Waals surface area contributed by atoms with Gasteiger partial charge in [-0.2, -0.15) is 0 Å². The summed E-state index contributed by atoms with van der Waals surface area (Å²) >= 11 is 1.53. The molecule has 0 bridgehead atoms. The highest BCUT2D eigenvalue weighted by atomic mass is 32.1. The van der Waals surface area contributed by atoms with Crippen LogP contribution >= 0.6 is 11.3 Å². The number of aromatic nitrogens is 4. The largest absolute Gasteiger partial charge is 0.398 e. The summed E-state index contributed by atoms with van der Waals surface area (Å²) in [6.07, 6.45) is 0. The minimum Gasteiger partial charge on any atom is -0.398 e. The number of nitrogens with two attached hydrogens (primary N) is 4. The number of nitrogens with zero attached hydrogens (tertiary/aromatic N) is 3. The number of rotatable bonds is 0. The average Bonchev–Trinajstić information content (AvgIpc) is 3.44. The molecule has 0 aliphatic heterocycles. The summed E-state index contributed by atoms with van der Waals surface area (Å²) in [7, 11) is 0. The monoisotopic (exact) mass is 474 g/mol. The summed E-state index contributed by atoms with van der Waals surface area (Å²) in [6, 6.07) is 15.8. The molecule has 6 aromatic rings. The molecule has 0 aliphatic rings. The normalized spacial score (nSPS) is 10.7. The number of nitrogen functional groups attached to an aromatic ring is 4. The van der Waals surface area contributed by atoms with Crippen LogP contribution in [-0.2, 0) is 0 Å². The van der Waals surface area contributed by atoms with E-state index in [-0.39, 0.29) is 0 Å². The Kier molecular flexibility index (Phi) is 6.24. The van der Waals surface area contributed by atoms with Crippen molar-refractivity contribution in [2.75, 3.05) is 22.9 Å². The lowest BCUT2D eigenvalue weighted by molar-refractivity contribution is 0.460. The molecular weight excluding hydrogens is 448 g/mol. The third-order valence-corrected chi connectivity index (χ3v) is 5.97. The third kappa shape index (κ3) is 5.02. The molecule has 0 atom stereocenters. The zero-order chi connectivity index (χ0) is 24.4. The van der Waals surface area contributed by atoms with Crippen molar-refractivity contribution >= 4 is 66.1 Å². The van der Waals surface area contributed by atoms with Crippen LogP contribution in [0.5, 0.6) is 0 Å². The van der Waals surface area contributed by atoms with Gasteiger partial charge in [-0.15, -0.1) is 0 Å². The first kappa shape index (κ1) is 22.9. The maximum absolute atomic E-state index is 5.67. The number of hydrogen-bond donors (Lipinski definition) is 5. The molecule has 34 heavy (non-hydrogen) atoms. The SMILES string of the molecule is Cc1cc2c(N)noc2cc1N.Cc1ccc2nc(N)[nH]c2c1.Cc1ccc2sc(N)nc2c1. The highest BCUT2D eigenvalue weighted by Crippen LogP contribution is 2.25. The first-order valence-electron chi connectivity index (χ1n) is 10.4. The van der Waals surface area contributed by atoms with Crippen LogP contribution in [0.25, 0.3) is 32.2 Å². The Bertz CT molecular complexity index is 1520. The second kappa shape index (κ2) is 9.28. The van der Waals surface area contributed by atoms with E-state index in [0.29, 0.717) is 28.2 Å². The van der Waals surface area contributed by atoms with E-state index in [1.807, 2.05) is 44.2 Å². The van der Waals surface area contributed by atoms with Gasteiger partial charge in [-0.3, -0.25) is 0 Å². The highest BCUT2D eigenvalue weighted by molar-refractivity contribution is 7.22. The van der Waals surface area contributed by atoms with Gasteiger partial charge in [0.25, 0.3) is 0 Å². The summed E-state index contributed by atoms with van der Waals surface area (Å²) < 4.78 is 6.09. The Morgan fingerprint density at radius 2 is 1.56 bits per heavy atom. The van der Waals surface area contributed by atoms with Gasteiger partial charge >= 0.3 is 0 Å². The van der Waals surface area contributed by atoms with Gasteiger partial charge in [0.05, 0.1) is 26.6 Å². The maximum atomic E-state index is 5.67. The van der Waals surface area contributed by atoms with Gasteiger partial charge in [-0.05, 0) is 67.8 Å². The van der Waals surface area contributed by atoms with Crippen molar-refractivity contribution in [3.05, 3.63) is 65.2 Å². The fourth-order valence-electron chi connectivity index (χ4n) is 3.33. The lowest BCUT2D eigenvalue weighted by atomic mass is 10.1. The van der Waals surface area contributed by atoms with Crippen LogP contribution in [0.4, 0.5) is 22.6 Å². The van der Waals surface area contributed by atoms with Crippen LogP contribution in [-0.4, -0.2) is 20.1 Å². The van der Waals surface area contributed by atoms with Gasteiger partial charge in [0.1, 0.15) is 0 Å². The Labute approximate surface area is 199 Å². The van der Waals surface area contributed by atoms with Crippen LogP contribution < -0.4 is 22.9 Å². The predicted molar refractivity (Wildman–Crippen MR) is 142 cm³/mol. The number of anilines is 4. The van der Waals surface area contributed by atoms with Gasteiger partial charge < -0.3 is 32.4 Å². The molecular formula is C24H26N8OS. The number of aromatic amines is 1. The molecule has 174 valence electrons. The van der Waals surface area contributed by atoms with Gasteiger partial charge in [-0.1, -0.05) is 28.6 Å². The number of fused-ring (bicyclic) bond motifs is 3. The lowest BCUT2D eigenvalue weighted by Gasteiger charge is -1.97. The Hall–Kier alpha value is -4.31. The Morgan fingerprint density at radius 1 is 0.824 bits per heavy atom. The van der Waals surface area contributed by atoms with Crippen molar-refractivity contribution in [3.8, 4) is 0 Å². The summed E-state index contributed by atoms with van der Waals surface area (Å²) in [5, 5.41) is 5.09. The lowest BCUT2D eigenvalue weighted by Crippen LogP contribution is -1.89. The first-order chi connectivity index (χ1) is 16.2. The zero-order valence-electron chi connectivity index (χ0n) is 19.1. The van der Waals surface area contributed by atoms with Crippen molar-refractivity contribution in [2.24, 2.45) is 0 Å². The minimum atomic E-state index is 0.410. The van der Waals surface area contributed by atoms with Crippen molar-refractivity contribution in [3.63, 3.8) is 0 Å². The van der Waals surface area contributed by atoms with Crippen molar-refractivity contribution in [1.29, 1.82) is 0 Å². The fraction of sp³-hybridized carbons (Fsp3) is 0.125. The molecule has 10 heteroatoms. The van der Waals surface area contributed by atoms with E-state index in [1.165, 1.54) is 22.5 Å².